The van der Waals surface area contributed by atoms with Crippen LogP contribution in [0.1, 0.15) is 88.6 Å². The Morgan fingerprint density at radius 2 is 0.850 bits per heavy atom. The van der Waals surface area contributed by atoms with E-state index in [0.29, 0.717) is 92.6 Å². The van der Waals surface area contributed by atoms with E-state index in [-0.39, 0.29) is 0 Å². The third-order valence-corrected chi connectivity index (χ3v) is 25.9. The summed E-state index contributed by atoms with van der Waals surface area (Å²) in [6.45, 7) is 12.7. The number of nitriles is 3. The number of piperazine rings is 3. The van der Waals surface area contributed by atoms with Crippen LogP contribution in [-0.4, -0.2) is 204 Å². The number of fused-ring (bicyclic) bond motifs is 12. The lowest BCUT2D eigenvalue weighted by Crippen LogP contribution is -2.68. The van der Waals surface area contributed by atoms with Crippen LogP contribution in [-0.2, 0) is 33.8 Å². The topological polar surface area (TPSA) is 295 Å². The lowest BCUT2D eigenvalue weighted by Gasteiger charge is -2.56. The average Bonchev–Trinajstić information content (AvgIpc) is 1.43. The maximum Gasteiger partial charge on any atom is 0.147 e. The van der Waals surface area contributed by atoms with E-state index in [1.807, 2.05) is 71.0 Å². The fourth-order valence-electron chi connectivity index (χ4n) is 19.6. The highest BCUT2D eigenvalue weighted by molar-refractivity contribution is 5.90. The molecule has 15 aromatic rings. The summed E-state index contributed by atoms with van der Waals surface area (Å²) in [5.74, 6) is 2.91. The Morgan fingerprint density at radius 1 is 0.383 bits per heavy atom. The van der Waals surface area contributed by atoms with Crippen molar-refractivity contribution in [1.29, 1.82) is 15.8 Å². The second kappa shape index (κ2) is 30.7. The van der Waals surface area contributed by atoms with Crippen molar-refractivity contribution in [1.82, 2.24) is 88.4 Å². The number of nitrogens with zero attached hydrogens (tertiary/aromatic N) is 21. The van der Waals surface area contributed by atoms with E-state index < -0.39 is 0 Å². The van der Waals surface area contributed by atoms with E-state index in [1.165, 1.54) is 69.0 Å². The van der Waals surface area contributed by atoms with Gasteiger partial charge in [0.15, 0.2) is 0 Å². The third kappa shape index (κ3) is 13.6. The lowest BCUT2D eigenvalue weighted by molar-refractivity contribution is -0.00873. The molecule has 6 atom stereocenters. The molecule has 0 spiro atoms. The van der Waals surface area contributed by atoms with Gasteiger partial charge >= 0.3 is 0 Å². The van der Waals surface area contributed by atoms with Crippen molar-refractivity contribution in [2.45, 2.75) is 94.4 Å². The first kappa shape index (κ1) is 72.9. The fraction of sp³-hybridized carbons (Fsp3) is 0.290. The highest BCUT2D eigenvalue weighted by Crippen LogP contribution is 2.42. The molecule has 2 aromatic carbocycles. The van der Waals surface area contributed by atoms with E-state index in [2.05, 4.69) is 203 Å². The lowest BCUT2D eigenvalue weighted by atomic mass is 9.86. The SMILES string of the molecule is N#Cc1cnn2cc(C3=CCOCC3)cc(-c3ccc(N4CC5CC(C4)N5Cc4ccc5nc[nH]c5c4)nc3)c12.N#Cc1cnn2cc(C3=CCOCC3)cc(-c3ccc(N4CC5CC(C4)N5Cc4cnc5[nH]ccc5c4)nc3)c12.N#Cc1cnn2cc(C3=CCOCC3)cc(-c3cnc(N4CC5CC(C4)N5Cc4ccc5[nH]ccc5c4)cn3)c12. The molecule has 12 aliphatic rings. The van der Waals surface area contributed by atoms with Crippen molar-refractivity contribution in [2.75, 3.05) is 93.6 Å². The van der Waals surface area contributed by atoms with Gasteiger partial charge in [-0.25, -0.2) is 38.5 Å². The number of hydrogen-bond donors (Lipinski definition) is 3. The molecule has 0 amide bonds. The highest BCUT2D eigenvalue weighted by atomic mass is 16.5. The molecule has 9 fully saturated rings. The van der Waals surface area contributed by atoms with E-state index >= 15 is 0 Å². The Balaban J connectivity index is 0.000000108. The molecule has 27 heteroatoms. The average molecular weight is 1590 g/mol. The first-order valence-electron chi connectivity index (χ1n) is 41.4. The molecular formula is C93H84N24O3. The number of nitrogens with one attached hydrogen (secondary N) is 3. The van der Waals surface area contributed by atoms with Crippen LogP contribution in [0.4, 0.5) is 17.5 Å². The molecule has 0 radical (unpaired) electrons. The van der Waals surface area contributed by atoms with Crippen molar-refractivity contribution in [3.05, 3.63) is 252 Å². The van der Waals surface area contributed by atoms with Crippen LogP contribution in [0.3, 0.4) is 0 Å². The smallest absolute Gasteiger partial charge is 0.147 e. The molecule has 13 aromatic heterocycles. The molecule has 12 aliphatic heterocycles. The number of rotatable bonds is 15. The number of aromatic nitrogens is 15. The van der Waals surface area contributed by atoms with Crippen LogP contribution in [0.25, 0.3) is 99.8 Å². The van der Waals surface area contributed by atoms with Crippen molar-refractivity contribution in [3.8, 4) is 51.7 Å². The number of imidazole rings is 1. The molecular weight excluding hydrogens is 1500 g/mol. The molecule has 27 rings (SSSR count). The number of benzene rings is 2. The number of aromatic amines is 3. The van der Waals surface area contributed by atoms with Gasteiger partial charge in [-0.3, -0.25) is 19.7 Å². The van der Waals surface area contributed by atoms with Crippen LogP contribution in [0.2, 0.25) is 0 Å². The summed E-state index contributed by atoms with van der Waals surface area (Å²) in [5, 5.41) is 45.1. The number of hydrogen-bond acceptors (Lipinski definition) is 21. The summed E-state index contributed by atoms with van der Waals surface area (Å²) in [5.41, 5.74) is 24.7. The predicted octanol–water partition coefficient (Wildman–Crippen LogP) is 13.2. The highest BCUT2D eigenvalue weighted by Gasteiger charge is 2.47. The first-order valence-corrected chi connectivity index (χ1v) is 41.4. The second-order valence-corrected chi connectivity index (χ2v) is 32.8. The number of pyridine rings is 6. The van der Waals surface area contributed by atoms with Gasteiger partial charge in [0.05, 0.1) is 127 Å². The second-order valence-electron chi connectivity index (χ2n) is 32.8. The van der Waals surface area contributed by atoms with Crippen LogP contribution >= 0.6 is 0 Å². The minimum atomic E-state index is 0.524. The number of H-pyrrole nitrogens is 3. The van der Waals surface area contributed by atoms with Crippen molar-refractivity contribution in [3.63, 3.8) is 0 Å². The van der Waals surface area contributed by atoms with Crippen LogP contribution in [0.5, 0.6) is 0 Å². The van der Waals surface area contributed by atoms with Gasteiger partial charge in [-0.2, -0.15) is 31.1 Å². The molecule has 0 saturated carbocycles. The van der Waals surface area contributed by atoms with E-state index in [9.17, 15) is 15.8 Å². The van der Waals surface area contributed by atoms with E-state index in [0.717, 1.165) is 179 Å². The monoisotopic (exact) mass is 1580 g/mol. The molecule has 27 nitrogen and oxygen atoms in total. The van der Waals surface area contributed by atoms with Crippen LogP contribution < -0.4 is 14.7 Å². The van der Waals surface area contributed by atoms with Gasteiger partial charge in [-0.1, -0.05) is 30.4 Å². The maximum absolute atomic E-state index is 9.75. The first-order chi connectivity index (χ1) is 59.2. The summed E-state index contributed by atoms with van der Waals surface area (Å²) in [6, 6.07) is 44.7. The largest absolute Gasteiger partial charge is 0.377 e. The number of ether oxygens (including phenoxy) is 3. The van der Waals surface area contributed by atoms with E-state index in [1.54, 1.807) is 29.4 Å². The quantitative estimate of drug-likeness (QED) is 0.0859. The molecule has 6 unspecified atom stereocenters. The predicted molar refractivity (Wildman–Crippen MR) is 458 cm³/mol. The summed E-state index contributed by atoms with van der Waals surface area (Å²) in [6.07, 6.45) is 38.8. The van der Waals surface area contributed by atoms with Gasteiger partial charge in [0.25, 0.3) is 0 Å². The molecule has 120 heavy (non-hydrogen) atoms. The summed E-state index contributed by atoms with van der Waals surface area (Å²) < 4.78 is 22.0. The zero-order valence-electron chi connectivity index (χ0n) is 66.0. The molecule has 6 bridgehead atoms. The molecule has 9 saturated heterocycles. The Labute approximate surface area is 690 Å². The Hall–Kier alpha value is -13.6. The maximum atomic E-state index is 9.75. The van der Waals surface area contributed by atoms with Gasteiger partial charge in [0.1, 0.15) is 41.3 Å². The summed E-state index contributed by atoms with van der Waals surface area (Å²) >= 11 is 0. The molecule has 25 heterocycles. The van der Waals surface area contributed by atoms with Gasteiger partial charge < -0.3 is 43.9 Å². The third-order valence-electron chi connectivity index (χ3n) is 25.9. The minimum Gasteiger partial charge on any atom is -0.377 e. The van der Waals surface area contributed by atoms with Crippen LogP contribution in [0, 0.1) is 34.0 Å². The van der Waals surface area contributed by atoms with E-state index in [4.69, 9.17) is 34.1 Å². The van der Waals surface area contributed by atoms with Crippen molar-refractivity contribution < 1.29 is 14.2 Å². The zero-order chi connectivity index (χ0) is 79.9. The van der Waals surface area contributed by atoms with Crippen molar-refractivity contribution >= 4 is 83.7 Å². The van der Waals surface area contributed by atoms with Gasteiger partial charge in [0.2, 0.25) is 0 Å². The fourth-order valence-corrected chi connectivity index (χ4v) is 19.6. The number of piperidine rings is 3. The molecule has 594 valence electrons. The Bertz CT molecular complexity index is 6030. The van der Waals surface area contributed by atoms with Gasteiger partial charge in [-0.05, 0) is 179 Å². The normalized spacial score (nSPS) is 20.9. The van der Waals surface area contributed by atoms with Crippen LogP contribution in [0.15, 0.2) is 202 Å². The van der Waals surface area contributed by atoms with Crippen molar-refractivity contribution in [2.24, 2.45) is 0 Å². The van der Waals surface area contributed by atoms with Gasteiger partial charge in [-0.15, -0.1) is 0 Å². The molecule has 3 N–H and O–H groups in total. The summed E-state index contributed by atoms with van der Waals surface area (Å²) in [4.78, 5) is 53.1. The van der Waals surface area contributed by atoms with Gasteiger partial charge in [0, 0.05) is 183 Å². The Morgan fingerprint density at radius 3 is 1.34 bits per heavy atom. The number of anilines is 3. The summed E-state index contributed by atoms with van der Waals surface area (Å²) in [7, 11) is 0. The molecule has 0 aliphatic carbocycles. The Kier molecular flexibility index (Phi) is 18.7. The zero-order valence-corrected chi connectivity index (χ0v) is 66.0. The minimum absolute atomic E-state index is 0.524. The standard InChI is InChI=1S/3C31H28N8O/c32-12-24-14-36-39-16-23(21-5-7-40-8-6-21)10-27(31(24)39)22-2-4-30(33-13-22)37-17-25-11-26(18-37)38(25)15-20-1-3-28-29(9-20)35-19-34-28;32-12-25-15-36-39-17-24(21-4-7-40-8-5-21)10-28(30(25)39)23-1-2-29(34-14-23)37-18-26-11-27(19-37)38(26)16-20-9-22-3-6-33-31(22)35-13-20;32-12-24-13-36-39-17-23(21-4-7-40-8-5-21)10-27(31(24)39)29-14-35-30(15-34-29)37-18-25-11-26(19-37)38(25)16-20-1-2-28-22(9-20)3-6-33-28/h1-5,9-10,13-14,16,19,25-26H,6-8,11,15,17-18H2,(H,34,35);1-4,6,9-10,13-15,17,26-27H,5,7-8,11,16,18-19H2,(H,33,35);1-4,6,9-10,13-15,17,25-26,33H,5,7-8,11,16,18-19H2.